The van der Waals surface area contributed by atoms with Crippen LogP contribution in [-0.2, 0) is 19.7 Å². The fourth-order valence-electron chi connectivity index (χ4n) is 3.98. The van der Waals surface area contributed by atoms with E-state index in [9.17, 15) is 9.18 Å². The molecule has 1 aromatic rings. The van der Waals surface area contributed by atoms with Crippen LogP contribution in [0.3, 0.4) is 0 Å². The van der Waals surface area contributed by atoms with Gasteiger partial charge in [0.1, 0.15) is 5.82 Å². The molecule has 2 saturated heterocycles. The molecule has 144 valence electrons. The Bertz CT molecular complexity index is 579. The van der Waals surface area contributed by atoms with E-state index in [-0.39, 0.29) is 17.8 Å². The lowest BCUT2D eigenvalue weighted by Gasteiger charge is -2.42. The van der Waals surface area contributed by atoms with Crippen molar-refractivity contribution in [3.8, 4) is 0 Å². The van der Waals surface area contributed by atoms with Crippen LogP contribution in [0.2, 0.25) is 0 Å². The molecule has 5 nitrogen and oxygen atoms in total. The van der Waals surface area contributed by atoms with Crippen molar-refractivity contribution in [1.82, 2.24) is 4.90 Å². The van der Waals surface area contributed by atoms with Crippen LogP contribution in [0.1, 0.15) is 37.7 Å². The van der Waals surface area contributed by atoms with Crippen LogP contribution >= 0.6 is 0 Å². The Morgan fingerprint density at radius 3 is 2.50 bits per heavy atom. The topological polar surface area (TPSA) is 64.8 Å². The van der Waals surface area contributed by atoms with E-state index >= 15 is 0 Å². The number of halogens is 1. The van der Waals surface area contributed by atoms with Crippen molar-refractivity contribution in [1.29, 1.82) is 0 Å². The summed E-state index contributed by atoms with van der Waals surface area (Å²) in [5.41, 5.74) is 5.80. The monoisotopic (exact) mass is 364 g/mol. The molecule has 2 heterocycles. The molecule has 3 rings (SSSR count). The number of piperidine rings is 1. The number of likely N-dealkylation sites (tertiary alicyclic amines) is 1. The molecular formula is C20H29FN2O3. The van der Waals surface area contributed by atoms with Gasteiger partial charge in [0.2, 0.25) is 5.91 Å². The minimum Gasteiger partial charge on any atom is -0.381 e. The van der Waals surface area contributed by atoms with Gasteiger partial charge in [-0.15, -0.1) is 0 Å². The predicted molar refractivity (Wildman–Crippen MR) is 97.4 cm³/mol. The lowest BCUT2D eigenvalue weighted by Crippen LogP contribution is -2.52. The van der Waals surface area contributed by atoms with Gasteiger partial charge in [-0.25, -0.2) is 4.39 Å². The summed E-state index contributed by atoms with van der Waals surface area (Å²) in [5, 5.41) is 0. The molecule has 26 heavy (non-hydrogen) atoms. The second-order valence-corrected chi connectivity index (χ2v) is 7.21. The maximum Gasteiger partial charge on any atom is 0.233 e. The van der Waals surface area contributed by atoms with E-state index in [2.05, 4.69) is 0 Å². The summed E-state index contributed by atoms with van der Waals surface area (Å²) in [6, 6.07) is 6.39. The van der Waals surface area contributed by atoms with Gasteiger partial charge < -0.3 is 20.1 Å². The number of nitrogens with zero attached hydrogens (tertiary/aromatic N) is 1. The Labute approximate surface area is 154 Å². The first-order chi connectivity index (χ1) is 12.7. The molecule has 2 aliphatic rings. The van der Waals surface area contributed by atoms with Gasteiger partial charge in [-0.3, -0.25) is 4.79 Å². The van der Waals surface area contributed by atoms with E-state index in [0.717, 1.165) is 24.8 Å². The fraction of sp³-hybridized carbons (Fsp3) is 0.650. The van der Waals surface area contributed by atoms with Crippen LogP contribution < -0.4 is 5.73 Å². The number of hydrogen-bond donors (Lipinski definition) is 1. The molecule has 0 radical (unpaired) electrons. The molecular weight excluding hydrogens is 335 g/mol. The highest BCUT2D eigenvalue weighted by Gasteiger charge is 2.44. The highest BCUT2D eigenvalue weighted by atomic mass is 19.1. The summed E-state index contributed by atoms with van der Waals surface area (Å²) in [6.07, 6.45) is 4.07. The average molecular weight is 364 g/mol. The predicted octanol–water partition coefficient (Wildman–Crippen LogP) is 2.23. The minimum atomic E-state index is -0.598. The third-order valence-electron chi connectivity index (χ3n) is 5.58. The van der Waals surface area contributed by atoms with Crippen LogP contribution in [0.25, 0.3) is 0 Å². The van der Waals surface area contributed by atoms with Crippen LogP contribution in [-0.4, -0.2) is 56.4 Å². The molecule has 6 heteroatoms. The maximum absolute atomic E-state index is 13.4. The first-order valence-electron chi connectivity index (χ1n) is 9.60. The molecule has 0 bridgehead atoms. The molecule has 0 spiro atoms. The summed E-state index contributed by atoms with van der Waals surface area (Å²) >= 11 is 0. The molecule has 2 N–H and O–H groups in total. The smallest absolute Gasteiger partial charge is 0.233 e. The van der Waals surface area contributed by atoms with Gasteiger partial charge in [-0.1, -0.05) is 12.1 Å². The van der Waals surface area contributed by atoms with E-state index in [1.54, 1.807) is 12.1 Å². The average Bonchev–Trinajstić information content (AvgIpc) is 2.69. The van der Waals surface area contributed by atoms with Gasteiger partial charge in [0.15, 0.2) is 0 Å². The van der Waals surface area contributed by atoms with E-state index in [4.69, 9.17) is 15.2 Å². The molecule has 2 fully saturated rings. The van der Waals surface area contributed by atoms with Gasteiger partial charge in [0.05, 0.1) is 11.5 Å². The standard InChI is InChI=1S/C20H29FN2O3/c21-17-4-2-16(3-5-17)20(8-14-25-15-9-20)19(24)23-11-6-18(7-12-23)26-13-1-10-22/h2-5,18H,1,6-15,22H2. The number of nitrogens with two attached hydrogens (primary N) is 1. The van der Waals surface area contributed by atoms with E-state index in [0.29, 0.717) is 52.3 Å². The van der Waals surface area contributed by atoms with E-state index in [1.165, 1.54) is 12.1 Å². The third kappa shape index (κ3) is 4.24. The van der Waals surface area contributed by atoms with Crippen LogP contribution in [0.4, 0.5) is 4.39 Å². The van der Waals surface area contributed by atoms with Crippen molar-refractivity contribution >= 4 is 5.91 Å². The van der Waals surface area contributed by atoms with Crippen molar-refractivity contribution in [2.45, 2.75) is 43.6 Å². The summed E-state index contributed by atoms with van der Waals surface area (Å²) in [6.45, 7) is 3.85. The minimum absolute atomic E-state index is 0.146. The number of hydrogen-bond acceptors (Lipinski definition) is 4. The van der Waals surface area contributed by atoms with Crippen molar-refractivity contribution < 1.29 is 18.7 Å². The van der Waals surface area contributed by atoms with Crippen LogP contribution in [0.5, 0.6) is 0 Å². The molecule has 0 unspecified atom stereocenters. The second kappa shape index (κ2) is 8.93. The number of carbonyl (C=O) groups is 1. The van der Waals surface area contributed by atoms with Gasteiger partial charge in [0.25, 0.3) is 0 Å². The summed E-state index contributed by atoms with van der Waals surface area (Å²) in [4.78, 5) is 15.4. The molecule has 1 aromatic carbocycles. The molecule has 2 aliphatic heterocycles. The second-order valence-electron chi connectivity index (χ2n) is 7.21. The number of ether oxygens (including phenoxy) is 2. The third-order valence-corrected chi connectivity index (χ3v) is 5.58. The molecule has 0 aromatic heterocycles. The van der Waals surface area contributed by atoms with Gasteiger partial charge >= 0.3 is 0 Å². The van der Waals surface area contributed by atoms with Gasteiger partial charge in [-0.05, 0) is 56.3 Å². The summed E-state index contributed by atoms with van der Waals surface area (Å²) in [5.74, 6) is -0.133. The van der Waals surface area contributed by atoms with Crippen molar-refractivity contribution in [2.24, 2.45) is 5.73 Å². The Morgan fingerprint density at radius 1 is 1.23 bits per heavy atom. The number of benzene rings is 1. The highest BCUT2D eigenvalue weighted by Crippen LogP contribution is 2.37. The van der Waals surface area contributed by atoms with E-state index in [1.807, 2.05) is 4.90 Å². The zero-order valence-corrected chi connectivity index (χ0v) is 15.3. The van der Waals surface area contributed by atoms with Crippen molar-refractivity contribution in [2.75, 3.05) is 39.5 Å². The summed E-state index contributed by atoms with van der Waals surface area (Å²) in [7, 11) is 0. The molecule has 1 amide bonds. The highest BCUT2D eigenvalue weighted by molar-refractivity contribution is 5.88. The Kier molecular flexibility index (Phi) is 6.62. The van der Waals surface area contributed by atoms with E-state index < -0.39 is 5.41 Å². The lowest BCUT2D eigenvalue weighted by atomic mass is 9.72. The zero-order chi connectivity index (χ0) is 18.4. The Balaban J connectivity index is 1.68. The molecule has 0 atom stereocenters. The first kappa shape index (κ1) is 19.3. The van der Waals surface area contributed by atoms with Crippen molar-refractivity contribution in [3.05, 3.63) is 35.6 Å². The number of rotatable bonds is 6. The quantitative estimate of drug-likeness (QED) is 0.786. The van der Waals surface area contributed by atoms with Crippen LogP contribution in [0, 0.1) is 5.82 Å². The SMILES string of the molecule is NCCCOC1CCN(C(=O)C2(c3ccc(F)cc3)CCOCC2)CC1. The van der Waals surface area contributed by atoms with Crippen molar-refractivity contribution in [3.63, 3.8) is 0 Å². The Morgan fingerprint density at radius 2 is 1.88 bits per heavy atom. The van der Waals surface area contributed by atoms with Gasteiger partial charge in [-0.2, -0.15) is 0 Å². The molecule has 0 aliphatic carbocycles. The number of amides is 1. The molecule has 0 saturated carbocycles. The normalized spacial score (nSPS) is 20.9. The first-order valence-corrected chi connectivity index (χ1v) is 9.60. The Hall–Kier alpha value is -1.50. The summed E-state index contributed by atoms with van der Waals surface area (Å²) < 4.78 is 24.7. The fourth-order valence-corrected chi connectivity index (χ4v) is 3.98. The van der Waals surface area contributed by atoms with Gasteiger partial charge in [0, 0.05) is 32.9 Å². The maximum atomic E-state index is 13.4. The van der Waals surface area contributed by atoms with Crippen LogP contribution in [0.15, 0.2) is 24.3 Å². The lowest BCUT2D eigenvalue weighted by molar-refractivity contribution is -0.144. The zero-order valence-electron chi connectivity index (χ0n) is 15.3. The largest absolute Gasteiger partial charge is 0.381 e. The number of carbonyl (C=O) groups excluding carboxylic acids is 1.